The molecule has 0 saturated carbocycles. The summed E-state index contributed by atoms with van der Waals surface area (Å²) in [6.07, 6.45) is 0. The van der Waals surface area contributed by atoms with Gasteiger partial charge in [0.25, 0.3) is 5.56 Å². The van der Waals surface area contributed by atoms with Crippen LogP contribution in [-0.4, -0.2) is 39.1 Å². The fraction of sp³-hybridized carbons (Fsp3) is 0.320. The molecule has 5 nitrogen and oxygen atoms in total. The molecule has 0 atom stereocenters. The number of rotatable bonds is 9. The Hall–Kier alpha value is -2.48. The minimum atomic E-state index is 0.0314. The molecule has 2 heterocycles. The maximum absolute atomic E-state index is 13.2. The van der Waals surface area contributed by atoms with Gasteiger partial charge in [-0.3, -0.25) is 9.36 Å². The van der Waals surface area contributed by atoms with Gasteiger partial charge in [-0.2, -0.15) is 0 Å². The number of hydrogen-bond acceptors (Lipinski definition) is 6. The molecule has 0 N–H and O–H groups in total. The Kier molecular flexibility index (Phi) is 7.40. The van der Waals surface area contributed by atoms with Gasteiger partial charge in [-0.05, 0) is 32.1 Å². The predicted octanol–water partition coefficient (Wildman–Crippen LogP) is 5.46. The van der Waals surface area contributed by atoms with Gasteiger partial charge in [-0.25, -0.2) is 9.97 Å². The lowest BCUT2D eigenvalue weighted by Crippen LogP contribution is -2.32. The summed E-state index contributed by atoms with van der Waals surface area (Å²) in [4.78, 5) is 25.2. The maximum atomic E-state index is 13.2. The van der Waals surface area contributed by atoms with E-state index in [1.165, 1.54) is 5.56 Å². The van der Waals surface area contributed by atoms with E-state index in [1.807, 2.05) is 28.8 Å². The van der Waals surface area contributed by atoms with Crippen LogP contribution < -0.4 is 5.56 Å². The lowest BCUT2D eigenvalue weighted by atomic mass is 10.2. The van der Waals surface area contributed by atoms with E-state index < -0.39 is 0 Å². The first-order chi connectivity index (χ1) is 15.6. The molecule has 0 saturated heterocycles. The highest BCUT2D eigenvalue weighted by atomic mass is 32.2. The van der Waals surface area contributed by atoms with Crippen LogP contribution in [0, 0.1) is 6.92 Å². The van der Waals surface area contributed by atoms with Crippen LogP contribution >= 0.6 is 23.1 Å². The minimum absolute atomic E-state index is 0.0314. The zero-order valence-corrected chi connectivity index (χ0v) is 20.4. The molecule has 0 aliphatic heterocycles. The third-order valence-electron chi connectivity index (χ3n) is 5.56. The van der Waals surface area contributed by atoms with Crippen molar-refractivity contribution in [3.05, 3.63) is 75.5 Å². The first kappa shape index (κ1) is 22.7. The number of nitrogens with zero attached hydrogens (tertiary/aromatic N) is 4. The molecule has 0 radical (unpaired) electrons. The van der Waals surface area contributed by atoms with Crippen LogP contribution in [0.5, 0.6) is 0 Å². The second-order valence-electron chi connectivity index (χ2n) is 7.69. The molecule has 32 heavy (non-hydrogen) atoms. The molecule has 4 rings (SSSR count). The highest BCUT2D eigenvalue weighted by molar-refractivity contribution is 7.98. The molecule has 7 heteroatoms. The quantitative estimate of drug-likeness (QED) is 0.243. The number of fused-ring (bicyclic) bond motifs is 1. The third kappa shape index (κ3) is 5.11. The molecule has 0 unspecified atom stereocenters. The molecule has 0 fully saturated rings. The summed E-state index contributed by atoms with van der Waals surface area (Å²) in [5.41, 5.74) is 4.16. The number of aromatic nitrogens is 3. The molecule has 166 valence electrons. The van der Waals surface area contributed by atoms with E-state index in [2.05, 4.69) is 55.3 Å². The number of hydrogen-bond donors (Lipinski definition) is 0. The smallest absolute Gasteiger partial charge is 0.262 e. The van der Waals surface area contributed by atoms with Crippen LogP contribution in [0.25, 0.3) is 21.5 Å². The number of thiazole rings is 1. The third-order valence-corrected chi connectivity index (χ3v) is 7.51. The molecule has 0 aliphatic carbocycles. The summed E-state index contributed by atoms with van der Waals surface area (Å²) in [5.74, 6) is 0.679. The topological polar surface area (TPSA) is 51.0 Å². The molecule has 0 spiro atoms. The second kappa shape index (κ2) is 10.4. The molecule has 2 aromatic heterocycles. The van der Waals surface area contributed by atoms with E-state index in [-0.39, 0.29) is 5.56 Å². The second-order valence-corrected chi connectivity index (χ2v) is 9.49. The van der Waals surface area contributed by atoms with Crippen molar-refractivity contribution < 1.29 is 0 Å². The average Bonchev–Trinajstić information content (AvgIpc) is 3.29. The Morgan fingerprint density at radius 3 is 2.53 bits per heavy atom. The Morgan fingerprint density at radius 2 is 1.78 bits per heavy atom. The van der Waals surface area contributed by atoms with Crippen molar-refractivity contribution in [3.63, 3.8) is 0 Å². The van der Waals surface area contributed by atoms with E-state index in [9.17, 15) is 4.79 Å². The van der Waals surface area contributed by atoms with Crippen LogP contribution in [-0.2, 0) is 12.3 Å². The standard InChI is InChI=1S/C25H28N4OS2/c1-4-28(5-2)14-15-29-24(30)21-8-6-7-9-22(21)27-25(29)32-17-20-16-31-23(26-20)19-12-10-18(3)11-13-19/h6-13,16H,4-5,14-15,17H2,1-3H3. The number of thioether (sulfide) groups is 1. The Morgan fingerprint density at radius 1 is 1.03 bits per heavy atom. The molecule has 0 amide bonds. The minimum Gasteiger partial charge on any atom is -0.302 e. The normalized spacial score (nSPS) is 11.5. The van der Waals surface area contributed by atoms with Gasteiger partial charge in [0.1, 0.15) is 5.01 Å². The van der Waals surface area contributed by atoms with Gasteiger partial charge in [-0.1, -0.05) is 67.6 Å². The highest BCUT2D eigenvalue weighted by Gasteiger charge is 2.14. The fourth-order valence-corrected chi connectivity index (χ4v) is 5.43. The Balaban J connectivity index is 1.58. The SMILES string of the molecule is CCN(CC)CCn1c(SCc2csc(-c3ccc(C)cc3)n2)nc2ccccc2c1=O. The number of para-hydroxylation sites is 1. The van der Waals surface area contributed by atoms with Crippen molar-refractivity contribution >= 4 is 34.0 Å². The molecule has 0 bridgehead atoms. The van der Waals surface area contributed by atoms with Crippen molar-refractivity contribution in [2.75, 3.05) is 19.6 Å². The van der Waals surface area contributed by atoms with Crippen molar-refractivity contribution in [3.8, 4) is 10.6 Å². The van der Waals surface area contributed by atoms with Crippen molar-refractivity contribution in [1.29, 1.82) is 0 Å². The van der Waals surface area contributed by atoms with Gasteiger partial charge in [-0.15, -0.1) is 11.3 Å². The van der Waals surface area contributed by atoms with E-state index >= 15 is 0 Å². The summed E-state index contributed by atoms with van der Waals surface area (Å²) >= 11 is 3.24. The van der Waals surface area contributed by atoms with Gasteiger partial charge in [0.05, 0.1) is 16.6 Å². The number of benzene rings is 2. The van der Waals surface area contributed by atoms with E-state index in [0.717, 1.165) is 46.6 Å². The summed E-state index contributed by atoms with van der Waals surface area (Å²) in [5, 5.41) is 4.55. The van der Waals surface area contributed by atoms with Crippen LogP contribution in [0.3, 0.4) is 0 Å². The first-order valence-electron chi connectivity index (χ1n) is 10.9. The van der Waals surface area contributed by atoms with Gasteiger partial charge in [0, 0.05) is 29.8 Å². The van der Waals surface area contributed by atoms with E-state index in [0.29, 0.717) is 17.7 Å². The van der Waals surface area contributed by atoms with E-state index in [4.69, 9.17) is 9.97 Å². The Bertz CT molecular complexity index is 1240. The molecule has 0 aliphatic rings. The van der Waals surface area contributed by atoms with Crippen molar-refractivity contribution in [1.82, 2.24) is 19.4 Å². The molecule has 2 aromatic carbocycles. The fourth-order valence-electron chi connectivity index (χ4n) is 3.58. The van der Waals surface area contributed by atoms with Gasteiger partial charge >= 0.3 is 0 Å². The first-order valence-corrected chi connectivity index (χ1v) is 12.8. The monoisotopic (exact) mass is 464 g/mol. The van der Waals surface area contributed by atoms with Crippen LogP contribution in [0.1, 0.15) is 25.1 Å². The Labute approximate surface area is 197 Å². The summed E-state index contributed by atoms with van der Waals surface area (Å²) in [7, 11) is 0. The zero-order valence-electron chi connectivity index (χ0n) is 18.7. The summed E-state index contributed by atoms with van der Waals surface area (Å²) in [6.45, 7) is 9.78. The van der Waals surface area contributed by atoms with Gasteiger partial charge < -0.3 is 4.90 Å². The molecular formula is C25H28N4OS2. The lowest BCUT2D eigenvalue weighted by Gasteiger charge is -2.20. The van der Waals surface area contributed by atoms with Crippen LogP contribution in [0.4, 0.5) is 0 Å². The maximum Gasteiger partial charge on any atom is 0.262 e. The highest BCUT2D eigenvalue weighted by Crippen LogP contribution is 2.28. The van der Waals surface area contributed by atoms with Gasteiger partial charge in [0.2, 0.25) is 0 Å². The van der Waals surface area contributed by atoms with Crippen LogP contribution in [0.15, 0.2) is 63.9 Å². The number of aryl methyl sites for hydroxylation is 1. The largest absolute Gasteiger partial charge is 0.302 e. The molecular weight excluding hydrogens is 436 g/mol. The average molecular weight is 465 g/mol. The van der Waals surface area contributed by atoms with Crippen LogP contribution in [0.2, 0.25) is 0 Å². The number of likely N-dealkylation sites (N-methyl/N-ethyl adjacent to an activating group) is 1. The predicted molar refractivity (Wildman–Crippen MR) is 136 cm³/mol. The van der Waals surface area contributed by atoms with E-state index in [1.54, 1.807) is 23.1 Å². The van der Waals surface area contributed by atoms with Gasteiger partial charge in [0.15, 0.2) is 5.16 Å². The summed E-state index contributed by atoms with van der Waals surface area (Å²) in [6, 6.07) is 16.0. The zero-order chi connectivity index (χ0) is 22.5. The lowest BCUT2D eigenvalue weighted by molar-refractivity contribution is 0.284. The van der Waals surface area contributed by atoms with Crippen molar-refractivity contribution in [2.24, 2.45) is 0 Å². The molecule has 4 aromatic rings. The summed E-state index contributed by atoms with van der Waals surface area (Å²) < 4.78 is 1.83. The van der Waals surface area contributed by atoms with Crippen molar-refractivity contribution in [2.45, 2.75) is 38.2 Å².